The molecule has 11 aromatic carbocycles. The van der Waals surface area contributed by atoms with Crippen LogP contribution in [-0.2, 0) is 0 Å². The van der Waals surface area contributed by atoms with E-state index in [0.717, 1.165) is 11.4 Å². The Hall–Kier alpha value is -8.73. The molecular formula is C66H40B2N4Se. The Labute approximate surface area is 430 Å². The second-order valence-corrected chi connectivity index (χ2v) is 22.3. The molecule has 4 nitrogen and oxygen atoms in total. The van der Waals surface area contributed by atoms with Gasteiger partial charge in [-0.05, 0) is 0 Å². The molecule has 0 saturated heterocycles. The van der Waals surface area contributed by atoms with Crippen molar-refractivity contribution in [3.8, 4) is 22.3 Å². The molecular weight excluding hydrogens is 949 g/mol. The first kappa shape index (κ1) is 39.9. The molecule has 1 aromatic heterocycles. The molecule has 0 aliphatic carbocycles. The standard InChI is InChI=1S/C66H40B2N4Se/c1-5-19-41(20-6-1)47-37-57-61-59(39-47)71-53-31-17-18-32-54(53)72-60-40-48(42-21-7-2-8-22-42)38-58-62(60)68(52-34-44-24-14-16-26-46(44)36-56(52)70(58)50-29-11-4-12-30-50)66-64(72)63(71)65(73-66)67(61)51-33-43-23-13-15-25-45(43)35-55(51)69(57)49-27-9-3-10-28-49/h1-40H. The first-order valence-electron chi connectivity index (χ1n) is 25.3. The number of hydrogen-bond acceptors (Lipinski definition) is 4. The van der Waals surface area contributed by atoms with Crippen LogP contribution in [0.3, 0.4) is 0 Å². The molecule has 0 unspecified atom stereocenters. The van der Waals surface area contributed by atoms with Gasteiger partial charge in [-0.3, -0.25) is 0 Å². The summed E-state index contributed by atoms with van der Waals surface area (Å²) in [5.74, 6) is 0. The molecule has 0 spiro atoms. The van der Waals surface area contributed by atoms with Crippen LogP contribution in [0.15, 0.2) is 243 Å². The van der Waals surface area contributed by atoms with Crippen LogP contribution < -0.4 is 50.1 Å². The van der Waals surface area contributed by atoms with E-state index in [1.165, 1.54) is 131 Å². The van der Waals surface area contributed by atoms with Crippen LogP contribution in [0.4, 0.5) is 68.2 Å². The molecule has 0 fully saturated rings. The van der Waals surface area contributed by atoms with Gasteiger partial charge in [0, 0.05) is 0 Å². The van der Waals surface area contributed by atoms with E-state index in [1.807, 2.05) is 0 Å². The molecule has 0 amide bonds. The SMILES string of the molecule is c1ccc(-c2cc3c4c(c2)N2c5ccccc5N5c6cc(-c7ccccc7)cc7c6B(c6cc8ccccc8cc6N7c6ccccc6)c6[se]c(c2c65)B4c2cc4ccccc4cc2N3c2ccccc2)cc1. The number of anilines is 12. The maximum atomic E-state index is 2.70. The van der Waals surface area contributed by atoms with Crippen LogP contribution in [0.2, 0.25) is 0 Å². The van der Waals surface area contributed by atoms with Crippen molar-refractivity contribution in [1.82, 2.24) is 0 Å². The van der Waals surface area contributed by atoms with Gasteiger partial charge in [-0.25, -0.2) is 0 Å². The van der Waals surface area contributed by atoms with Crippen molar-refractivity contribution in [1.29, 1.82) is 0 Å². The predicted octanol–water partition coefficient (Wildman–Crippen LogP) is 12.9. The maximum absolute atomic E-state index is 2.70. The Morgan fingerprint density at radius 2 is 0.589 bits per heavy atom. The van der Waals surface area contributed by atoms with E-state index in [1.54, 1.807) is 0 Å². The van der Waals surface area contributed by atoms with Crippen molar-refractivity contribution in [2.24, 2.45) is 0 Å². The van der Waals surface area contributed by atoms with Crippen molar-refractivity contribution in [3.05, 3.63) is 243 Å². The van der Waals surface area contributed by atoms with Gasteiger partial charge < -0.3 is 0 Å². The zero-order valence-corrected chi connectivity index (χ0v) is 41.2. The molecule has 12 aromatic rings. The summed E-state index contributed by atoms with van der Waals surface area (Å²) in [7, 11) is 0. The van der Waals surface area contributed by atoms with Gasteiger partial charge in [0.1, 0.15) is 0 Å². The van der Waals surface area contributed by atoms with Gasteiger partial charge >= 0.3 is 433 Å². The second-order valence-electron chi connectivity index (χ2n) is 20.0. The van der Waals surface area contributed by atoms with Crippen LogP contribution in [0.1, 0.15) is 0 Å². The number of para-hydroxylation sites is 4. The first-order valence-corrected chi connectivity index (χ1v) is 27.0. The van der Waals surface area contributed by atoms with E-state index >= 15 is 0 Å². The van der Waals surface area contributed by atoms with E-state index in [0.29, 0.717) is 0 Å². The van der Waals surface area contributed by atoms with Crippen molar-refractivity contribution in [2.75, 3.05) is 19.6 Å². The average molecular weight is 990 g/mol. The predicted molar refractivity (Wildman–Crippen MR) is 311 cm³/mol. The molecule has 5 aliphatic rings. The fourth-order valence-corrected chi connectivity index (χ4v) is 16.4. The molecule has 0 radical (unpaired) electrons. The molecule has 0 atom stereocenters. The summed E-state index contributed by atoms with van der Waals surface area (Å²) in [5, 5.41) is 5.04. The number of fused-ring (bicyclic) bond motifs is 13. The van der Waals surface area contributed by atoms with Crippen LogP contribution >= 0.6 is 0 Å². The summed E-state index contributed by atoms with van der Waals surface area (Å²) >= 11 is -0.0612. The van der Waals surface area contributed by atoms with Crippen LogP contribution in [0.5, 0.6) is 0 Å². The van der Waals surface area contributed by atoms with E-state index in [2.05, 4.69) is 262 Å². The molecule has 5 aliphatic heterocycles. The quantitative estimate of drug-likeness (QED) is 0.163. The van der Waals surface area contributed by atoms with E-state index in [4.69, 9.17) is 0 Å². The third kappa shape index (κ3) is 5.48. The van der Waals surface area contributed by atoms with Gasteiger partial charge in [0.25, 0.3) is 0 Å². The summed E-state index contributed by atoms with van der Waals surface area (Å²) < 4.78 is 3.07. The number of benzene rings is 11. The van der Waals surface area contributed by atoms with E-state index in [-0.39, 0.29) is 27.9 Å². The fourth-order valence-electron chi connectivity index (χ4n) is 13.2. The molecule has 6 heterocycles. The van der Waals surface area contributed by atoms with Crippen molar-refractivity contribution in [3.63, 3.8) is 0 Å². The van der Waals surface area contributed by atoms with Gasteiger partial charge in [-0.1, -0.05) is 0 Å². The van der Waals surface area contributed by atoms with Crippen LogP contribution in [0, 0.1) is 0 Å². The second kappa shape index (κ2) is 14.9. The topological polar surface area (TPSA) is 13.0 Å². The summed E-state index contributed by atoms with van der Waals surface area (Å²) in [5.41, 5.74) is 25.3. The summed E-state index contributed by atoms with van der Waals surface area (Å²) in [4.78, 5) is 10.5. The zero-order chi connectivity index (χ0) is 47.5. The Balaban J connectivity index is 1.03. The van der Waals surface area contributed by atoms with Crippen molar-refractivity contribution < 1.29 is 0 Å². The Morgan fingerprint density at radius 3 is 0.986 bits per heavy atom. The summed E-state index contributed by atoms with van der Waals surface area (Å²) in [6.45, 7) is 0.0580. The minimum absolute atomic E-state index is 0.0290. The number of rotatable bonds is 4. The fraction of sp³-hybridized carbons (Fsp3) is 0. The Morgan fingerprint density at radius 1 is 0.260 bits per heavy atom. The molecule has 73 heavy (non-hydrogen) atoms. The van der Waals surface area contributed by atoms with Gasteiger partial charge in [0.05, 0.1) is 0 Å². The van der Waals surface area contributed by atoms with Gasteiger partial charge in [-0.2, -0.15) is 0 Å². The van der Waals surface area contributed by atoms with Gasteiger partial charge in [0.2, 0.25) is 0 Å². The third-order valence-electron chi connectivity index (χ3n) is 16.2. The summed E-state index contributed by atoms with van der Waals surface area (Å²) in [6, 6.07) is 91.3. The third-order valence-corrected chi connectivity index (χ3v) is 18.9. The van der Waals surface area contributed by atoms with Crippen molar-refractivity contribution >= 4 is 148 Å². The number of hydrogen-bond donors (Lipinski definition) is 0. The van der Waals surface area contributed by atoms with Crippen LogP contribution in [0.25, 0.3) is 43.8 Å². The molecule has 336 valence electrons. The Kier molecular flexibility index (Phi) is 8.16. The van der Waals surface area contributed by atoms with Gasteiger partial charge in [0.15, 0.2) is 0 Å². The van der Waals surface area contributed by atoms with Gasteiger partial charge in [-0.15, -0.1) is 0 Å². The molecule has 0 saturated carbocycles. The van der Waals surface area contributed by atoms with E-state index in [9.17, 15) is 0 Å². The number of nitrogens with zero attached hydrogens (tertiary/aromatic N) is 4. The van der Waals surface area contributed by atoms with Crippen LogP contribution in [-0.4, -0.2) is 27.9 Å². The van der Waals surface area contributed by atoms with E-state index < -0.39 is 0 Å². The minimum atomic E-state index is -0.0612. The van der Waals surface area contributed by atoms with Crippen molar-refractivity contribution in [2.45, 2.75) is 0 Å². The first-order chi connectivity index (χ1) is 36.2. The molecule has 0 N–H and O–H groups in total. The monoisotopic (exact) mass is 990 g/mol. The normalized spacial score (nSPS) is 13.9. The molecule has 7 heteroatoms. The molecule has 17 rings (SSSR count). The summed E-state index contributed by atoms with van der Waals surface area (Å²) in [6.07, 6.45) is 0. The Bertz CT molecular complexity index is 4040. The zero-order valence-electron chi connectivity index (χ0n) is 39.4. The average Bonchev–Trinajstić information content (AvgIpc) is 3.86. The molecule has 0 bridgehead atoms.